The molecule has 0 spiro atoms. The van der Waals surface area contributed by atoms with Crippen LogP contribution in [0.2, 0.25) is 0 Å². The molecule has 1 aromatic carbocycles. The van der Waals surface area contributed by atoms with E-state index < -0.39 is 53.2 Å². The molecule has 43 heavy (non-hydrogen) atoms. The summed E-state index contributed by atoms with van der Waals surface area (Å²) in [7, 11) is 0. The Labute approximate surface area is 251 Å². The number of rotatable bonds is 4. The van der Waals surface area contributed by atoms with Gasteiger partial charge in [-0.3, -0.25) is 9.59 Å². The Bertz CT molecular complexity index is 1410. The molecule has 0 bridgehead atoms. The number of aliphatic carboxylic acids is 1. The van der Waals surface area contributed by atoms with Crippen LogP contribution in [0.1, 0.15) is 65.7 Å². The number of amides is 3. The molecule has 3 aliphatic rings. The highest BCUT2D eigenvalue weighted by molar-refractivity contribution is 5.96. The van der Waals surface area contributed by atoms with E-state index in [0.29, 0.717) is 18.7 Å². The van der Waals surface area contributed by atoms with Crippen LogP contribution in [0, 0.1) is 5.92 Å². The number of pyridine rings is 1. The normalized spacial score (nSPS) is 28.9. The van der Waals surface area contributed by atoms with Crippen LogP contribution in [0.25, 0.3) is 10.8 Å². The molecule has 11 heteroatoms. The van der Waals surface area contributed by atoms with Gasteiger partial charge in [0.05, 0.1) is 6.54 Å². The van der Waals surface area contributed by atoms with Crippen molar-refractivity contribution in [2.45, 2.75) is 95.0 Å². The third-order valence-corrected chi connectivity index (χ3v) is 8.23. The standard InChI is InChI=1S/C32H40N4O7/c1-31(2,3)43-30(41)34-24-14-8-6-4-5-7-12-21-18-32(21,29(39)40)35-26(37)25-17-22(19-36(25)28(24)38)42-27-23-13-10-9-11-20(23)15-16-33-27/h7,9-13,15-16,21-22,24-25H,4-6,8,14,17-19H2,1-3H3,(H,34,41)(H,35,37)(H,39,40)/b12-7-. The lowest BCUT2D eigenvalue weighted by Gasteiger charge is -2.30. The van der Waals surface area contributed by atoms with Crippen molar-refractivity contribution < 1.29 is 33.8 Å². The highest BCUT2D eigenvalue weighted by Gasteiger charge is 2.61. The summed E-state index contributed by atoms with van der Waals surface area (Å²) < 4.78 is 11.7. The van der Waals surface area contributed by atoms with E-state index in [1.54, 1.807) is 27.0 Å². The molecule has 11 nitrogen and oxygen atoms in total. The fourth-order valence-corrected chi connectivity index (χ4v) is 5.94. The first-order valence-electron chi connectivity index (χ1n) is 15.0. The molecule has 3 heterocycles. The van der Waals surface area contributed by atoms with Gasteiger partial charge >= 0.3 is 12.1 Å². The van der Waals surface area contributed by atoms with E-state index >= 15 is 0 Å². The minimum Gasteiger partial charge on any atom is -0.479 e. The maximum atomic E-state index is 14.1. The molecule has 1 aromatic heterocycles. The number of hydrogen-bond donors (Lipinski definition) is 3. The van der Waals surface area contributed by atoms with Gasteiger partial charge in [0.15, 0.2) is 0 Å². The average Bonchev–Trinajstić information content (AvgIpc) is 3.48. The van der Waals surface area contributed by atoms with E-state index in [0.717, 1.165) is 30.0 Å². The first-order chi connectivity index (χ1) is 20.5. The van der Waals surface area contributed by atoms with Crippen LogP contribution in [0.4, 0.5) is 4.79 Å². The van der Waals surface area contributed by atoms with E-state index in [9.17, 15) is 24.3 Å². The topological polar surface area (TPSA) is 147 Å². The lowest BCUT2D eigenvalue weighted by Crippen LogP contribution is -2.56. The molecule has 5 unspecified atom stereocenters. The van der Waals surface area contributed by atoms with E-state index in [4.69, 9.17) is 9.47 Å². The Morgan fingerprint density at radius 3 is 2.70 bits per heavy atom. The second-order valence-electron chi connectivity index (χ2n) is 12.7. The summed E-state index contributed by atoms with van der Waals surface area (Å²) in [6.07, 6.45) is 8.06. The summed E-state index contributed by atoms with van der Waals surface area (Å²) in [5, 5.41) is 17.3. The van der Waals surface area contributed by atoms with Crippen molar-refractivity contribution in [1.82, 2.24) is 20.5 Å². The molecular formula is C32H40N4O7. The van der Waals surface area contributed by atoms with Gasteiger partial charge in [0.25, 0.3) is 0 Å². The van der Waals surface area contributed by atoms with Crippen LogP contribution in [0.5, 0.6) is 5.88 Å². The summed E-state index contributed by atoms with van der Waals surface area (Å²) in [6.45, 7) is 5.29. The molecule has 2 aromatic rings. The number of carbonyl (C=O) groups excluding carboxylic acids is 3. The number of nitrogens with zero attached hydrogens (tertiary/aromatic N) is 2. The van der Waals surface area contributed by atoms with Crippen molar-refractivity contribution in [3.05, 3.63) is 48.7 Å². The largest absolute Gasteiger partial charge is 0.479 e. The molecule has 3 amide bonds. The first-order valence-corrected chi connectivity index (χ1v) is 15.0. The second-order valence-corrected chi connectivity index (χ2v) is 12.7. The number of carboxylic acid groups (broad SMARTS) is 1. The number of fused-ring (bicyclic) bond motifs is 3. The number of aromatic nitrogens is 1. The summed E-state index contributed by atoms with van der Waals surface area (Å²) in [5.41, 5.74) is -2.17. The second kappa shape index (κ2) is 12.2. The van der Waals surface area contributed by atoms with Crippen molar-refractivity contribution in [3.8, 4) is 5.88 Å². The highest BCUT2D eigenvalue weighted by Crippen LogP contribution is 2.45. The first kappa shape index (κ1) is 30.3. The van der Waals surface area contributed by atoms with Gasteiger partial charge in [0.1, 0.15) is 29.3 Å². The Hall–Kier alpha value is -4.15. The smallest absolute Gasteiger partial charge is 0.408 e. The zero-order valence-corrected chi connectivity index (χ0v) is 24.9. The van der Waals surface area contributed by atoms with Crippen molar-refractivity contribution in [3.63, 3.8) is 0 Å². The molecular weight excluding hydrogens is 552 g/mol. The van der Waals surface area contributed by atoms with Crippen LogP contribution in [-0.2, 0) is 19.1 Å². The van der Waals surface area contributed by atoms with Gasteiger partial charge in [-0.05, 0) is 64.0 Å². The van der Waals surface area contributed by atoms with Gasteiger partial charge in [0, 0.05) is 23.9 Å². The number of ether oxygens (including phenoxy) is 2. The molecule has 2 aliphatic heterocycles. The number of nitrogens with one attached hydrogen (secondary N) is 2. The van der Waals surface area contributed by atoms with Gasteiger partial charge in [0.2, 0.25) is 17.7 Å². The number of hydrogen-bond acceptors (Lipinski definition) is 7. The number of carbonyl (C=O) groups is 4. The SMILES string of the molecule is CC(C)(C)OC(=O)NC1CCCCC/C=C\C2CC2(C(=O)O)NC(=O)C2CC(Oc3nccc4ccccc34)CN2C1=O. The van der Waals surface area contributed by atoms with Crippen LogP contribution in [0.15, 0.2) is 48.7 Å². The minimum atomic E-state index is -1.41. The summed E-state index contributed by atoms with van der Waals surface area (Å²) in [5.74, 6) is -2.04. The quantitative estimate of drug-likeness (QED) is 0.452. The van der Waals surface area contributed by atoms with Crippen molar-refractivity contribution >= 4 is 34.6 Å². The van der Waals surface area contributed by atoms with Gasteiger partial charge in [-0.1, -0.05) is 43.2 Å². The van der Waals surface area contributed by atoms with Crippen molar-refractivity contribution in [2.75, 3.05) is 6.54 Å². The van der Waals surface area contributed by atoms with Crippen molar-refractivity contribution in [2.24, 2.45) is 5.92 Å². The predicted molar refractivity (Wildman–Crippen MR) is 158 cm³/mol. The summed E-state index contributed by atoms with van der Waals surface area (Å²) in [4.78, 5) is 58.8. The van der Waals surface area contributed by atoms with Crippen LogP contribution >= 0.6 is 0 Å². The Kier molecular flexibility index (Phi) is 8.62. The zero-order valence-electron chi connectivity index (χ0n) is 24.9. The van der Waals surface area contributed by atoms with E-state index in [1.807, 2.05) is 42.5 Å². The fraction of sp³-hybridized carbons (Fsp3) is 0.531. The van der Waals surface area contributed by atoms with Crippen molar-refractivity contribution in [1.29, 1.82) is 0 Å². The molecule has 230 valence electrons. The van der Waals surface area contributed by atoms with Crippen LogP contribution in [-0.4, -0.2) is 74.7 Å². The molecule has 0 radical (unpaired) electrons. The maximum absolute atomic E-state index is 14.1. The Morgan fingerprint density at radius 2 is 1.93 bits per heavy atom. The number of alkyl carbamates (subject to hydrolysis) is 1. The van der Waals surface area contributed by atoms with Gasteiger partial charge in [-0.15, -0.1) is 0 Å². The number of allylic oxidation sites excluding steroid dienone is 1. The van der Waals surface area contributed by atoms with E-state index in [2.05, 4.69) is 15.6 Å². The zero-order chi connectivity index (χ0) is 30.8. The fourth-order valence-electron chi connectivity index (χ4n) is 5.94. The van der Waals surface area contributed by atoms with Gasteiger partial charge in [-0.25, -0.2) is 14.6 Å². The lowest BCUT2D eigenvalue weighted by atomic mass is 10.0. The molecule has 5 rings (SSSR count). The summed E-state index contributed by atoms with van der Waals surface area (Å²) in [6, 6.07) is 7.57. The van der Waals surface area contributed by atoms with Gasteiger partial charge < -0.3 is 30.1 Å². The predicted octanol–water partition coefficient (Wildman–Crippen LogP) is 3.96. The molecule has 1 saturated heterocycles. The number of carboxylic acids is 1. The Morgan fingerprint density at radius 1 is 1.14 bits per heavy atom. The van der Waals surface area contributed by atoms with E-state index in [1.165, 1.54) is 4.90 Å². The molecule has 1 saturated carbocycles. The minimum absolute atomic E-state index is 0.0672. The number of benzene rings is 1. The summed E-state index contributed by atoms with van der Waals surface area (Å²) >= 11 is 0. The third kappa shape index (κ3) is 6.92. The van der Waals surface area contributed by atoms with E-state index in [-0.39, 0.29) is 25.3 Å². The molecule has 5 atom stereocenters. The maximum Gasteiger partial charge on any atom is 0.408 e. The lowest BCUT2D eigenvalue weighted by molar-refractivity contribution is -0.145. The van der Waals surface area contributed by atoms with Crippen LogP contribution < -0.4 is 15.4 Å². The molecule has 3 N–H and O–H groups in total. The molecule has 1 aliphatic carbocycles. The monoisotopic (exact) mass is 592 g/mol. The Balaban J connectivity index is 1.44. The average molecular weight is 593 g/mol. The van der Waals surface area contributed by atoms with Crippen LogP contribution in [0.3, 0.4) is 0 Å². The highest BCUT2D eigenvalue weighted by atomic mass is 16.6. The third-order valence-electron chi connectivity index (χ3n) is 8.23. The van der Waals surface area contributed by atoms with Gasteiger partial charge in [-0.2, -0.15) is 0 Å². The molecule has 2 fully saturated rings.